The number of unbranched alkanes of at least 4 members (excludes halogenated alkanes) is 4. The van der Waals surface area contributed by atoms with E-state index < -0.39 is 18.0 Å². The largest absolute Gasteiger partial charge is 0.494 e. The van der Waals surface area contributed by atoms with Crippen LogP contribution in [0.5, 0.6) is 17.2 Å². The fraction of sp³-hybridized carbons (Fsp3) is 0.282. The fourth-order valence-corrected chi connectivity index (χ4v) is 4.88. The molecule has 0 fully saturated rings. The van der Waals surface area contributed by atoms with Crippen LogP contribution >= 0.6 is 0 Å². The van der Waals surface area contributed by atoms with Gasteiger partial charge in [0.15, 0.2) is 0 Å². The van der Waals surface area contributed by atoms with Crippen LogP contribution in [0.15, 0.2) is 97.1 Å². The number of carboxylic acids is 2. The first-order valence-corrected chi connectivity index (χ1v) is 16.2. The molecule has 1 atom stereocenters. The molecule has 4 aromatic rings. The molecule has 0 amide bonds. The monoisotopic (exact) mass is 665 g/mol. The summed E-state index contributed by atoms with van der Waals surface area (Å²) in [6.45, 7) is 0.859. The molecule has 0 aromatic heterocycles. The van der Waals surface area contributed by atoms with E-state index in [0.29, 0.717) is 36.5 Å². The summed E-state index contributed by atoms with van der Waals surface area (Å²) < 4.78 is 23.1. The van der Waals surface area contributed by atoms with Crippen molar-refractivity contribution in [1.29, 1.82) is 5.26 Å². The molecule has 49 heavy (non-hydrogen) atoms. The fourth-order valence-electron chi connectivity index (χ4n) is 4.88. The van der Waals surface area contributed by atoms with Gasteiger partial charge in [-0.1, -0.05) is 43.5 Å². The van der Waals surface area contributed by atoms with Crippen molar-refractivity contribution < 1.29 is 43.5 Å². The maximum absolute atomic E-state index is 12.7. The van der Waals surface area contributed by atoms with Crippen LogP contribution in [-0.2, 0) is 9.53 Å². The highest BCUT2D eigenvalue weighted by Crippen LogP contribution is 2.23. The average molecular weight is 666 g/mol. The minimum Gasteiger partial charge on any atom is -0.494 e. The van der Waals surface area contributed by atoms with Gasteiger partial charge in [0.05, 0.1) is 36.0 Å². The van der Waals surface area contributed by atoms with E-state index in [4.69, 9.17) is 34.4 Å². The van der Waals surface area contributed by atoms with Crippen molar-refractivity contribution in [2.45, 2.75) is 51.0 Å². The molecule has 0 saturated carbocycles. The minimum atomic E-state index is -1.04. The van der Waals surface area contributed by atoms with E-state index in [1.165, 1.54) is 24.3 Å². The molecule has 4 aromatic carbocycles. The third-order valence-corrected chi connectivity index (χ3v) is 7.64. The lowest BCUT2D eigenvalue weighted by Gasteiger charge is -2.19. The zero-order valence-corrected chi connectivity index (χ0v) is 27.1. The highest BCUT2D eigenvalue weighted by Gasteiger charge is 2.17. The molecule has 0 radical (unpaired) electrons. The third-order valence-electron chi connectivity index (χ3n) is 7.64. The molecule has 0 heterocycles. The van der Waals surface area contributed by atoms with Gasteiger partial charge in [0.1, 0.15) is 30.0 Å². The van der Waals surface area contributed by atoms with Gasteiger partial charge in [0, 0.05) is 12.8 Å². The van der Waals surface area contributed by atoms with Crippen molar-refractivity contribution in [1.82, 2.24) is 0 Å². The number of carboxylic acid groups (broad SMARTS) is 2. The number of carbonyl (C=O) groups excluding carboxylic acids is 1. The van der Waals surface area contributed by atoms with Crippen LogP contribution in [-0.4, -0.2) is 54.0 Å². The number of benzene rings is 4. The summed E-state index contributed by atoms with van der Waals surface area (Å²) in [6, 6.07) is 29.5. The summed E-state index contributed by atoms with van der Waals surface area (Å²) >= 11 is 0. The Bertz CT molecular complexity index is 1680. The van der Waals surface area contributed by atoms with Crippen LogP contribution in [0.4, 0.5) is 0 Å². The van der Waals surface area contributed by atoms with Gasteiger partial charge in [0.25, 0.3) is 0 Å². The maximum Gasteiger partial charge on any atom is 0.335 e. The molecule has 0 aliphatic carbocycles. The first-order valence-electron chi connectivity index (χ1n) is 16.2. The van der Waals surface area contributed by atoms with Crippen molar-refractivity contribution in [3.05, 3.63) is 114 Å². The molecule has 1 unspecified atom stereocenters. The van der Waals surface area contributed by atoms with Crippen LogP contribution < -0.4 is 14.2 Å². The van der Waals surface area contributed by atoms with E-state index in [9.17, 15) is 14.4 Å². The summed E-state index contributed by atoms with van der Waals surface area (Å²) in [7, 11) is 0. The molecule has 0 aliphatic rings. The zero-order chi connectivity index (χ0) is 34.8. The molecule has 0 bridgehead atoms. The van der Waals surface area contributed by atoms with E-state index >= 15 is 0 Å². The highest BCUT2D eigenvalue weighted by molar-refractivity contribution is 5.88. The van der Waals surface area contributed by atoms with Gasteiger partial charge in [-0.2, -0.15) is 5.26 Å². The third kappa shape index (κ3) is 12.4. The van der Waals surface area contributed by atoms with E-state index in [1.807, 2.05) is 36.4 Å². The van der Waals surface area contributed by atoms with Gasteiger partial charge < -0.3 is 29.2 Å². The number of nitrogens with zero attached hydrogens (tertiary/aromatic N) is 1. The zero-order valence-electron chi connectivity index (χ0n) is 27.1. The lowest BCUT2D eigenvalue weighted by molar-refractivity contribution is -0.151. The van der Waals surface area contributed by atoms with Crippen molar-refractivity contribution >= 4 is 17.9 Å². The Morgan fingerprint density at radius 1 is 0.592 bits per heavy atom. The van der Waals surface area contributed by atoms with Crippen molar-refractivity contribution in [2.75, 3.05) is 19.8 Å². The number of ether oxygens (including phenoxy) is 4. The second-order valence-electron chi connectivity index (χ2n) is 11.3. The van der Waals surface area contributed by atoms with E-state index in [2.05, 4.69) is 6.07 Å². The SMILES string of the molecule is N#Cc1ccc(-c2ccc(OCCCCCCCC(=O)OC(CCOc3ccc(C(=O)O)cc3)COc3ccc(C(=O)O)cc3)cc2)cc1. The van der Waals surface area contributed by atoms with E-state index in [1.54, 1.807) is 36.4 Å². The Morgan fingerprint density at radius 3 is 1.61 bits per heavy atom. The Morgan fingerprint density at radius 2 is 1.06 bits per heavy atom. The number of rotatable bonds is 20. The number of hydrogen-bond acceptors (Lipinski definition) is 8. The number of hydrogen-bond donors (Lipinski definition) is 2. The molecule has 0 saturated heterocycles. The summed E-state index contributed by atoms with van der Waals surface area (Å²) in [5, 5.41) is 27.1. The van der Waals surface area contributed by atoms with E-state index in [0.717, 1.165) is 42.6 Å². The van der Waals surface area contributed by atoms with Gasteiger partial charge in [-0.3, -0.25) is 4.79 Å². The van der Waals surface area contributed by atoms with Gasteiger partial charge in [0.2, 0.25) is 0 Å². The second-order valence-corrected chi connectivity index (χ2v) is 11.3. The quantitative estimate of drug-likeness (QED) is 0.0706. The lowest BCUT2D eigenvalue weighted by Crippen LogP contribution is -2.27. The smallest absolute Gasteiger partial charge is 0.335 e. The Balaban J connectivity index is 1.14. The van der Waals surface area contributed by atoms with Crippen molar-refractivity contribution in [3.8, 4) is 34.4 Å². The van der Waals surface area contributed by atoms with Crippen molar-refractivity contribution in [2.24, 2.45) is 0 Å². The molecule has 4 rings (SSSR count). The molecule has 10 heteroatoms. The maximum atomic E-state index is 12.7. The van der Waals surface area contributed by atoms with Gasteiger partial charge in [-0.25, -0.2) is 9.59 Å². The first-order chi connectivity index (χ1) is 23.8. The average Bonchev–Trinajstić information content (AvgIpc) is 3.12. The van der Waals surface area contributed by atoms with Crippen LogP contribution in [0.2, 0.25) is 0 Å². The number of carbonyl (C=O) groups is 3. The van der Waals surface area contributed by atoms with E-state index in [-0.39, 0.29) is 36.7 Å². The van der Waals surface area contributed by atoms with Crippen molar-refractivity contribution in [3.63, 3.8) is 0 Å². The van der Waals surface area contributed by atoms with Gasteiger partial charge in [-0.15, -0.1) is 0 Å². The molecule has 10 nitrogen and oxygen atoms in total. The molecular formula is C39H39NO9. The standard InChI is InChI=1S/C39H39NO9/c40-26-28-7-9-29(10-8-28)30-11-17-33(18-12-30)46-24-5-3-1-2-4-6-37(41)49-36(27-48-35-21-15-32(16-22-35)39(44)45)23-25-47-34-19-13-31(14-20-34)38(42)43/h7-22,36H,1-6,23-25,27H2,(H,42,43)(H,44,45). The highest BCUT2D eigenvalue weighted by atomic mass is 16.6. The van der Waals surface area contributed by atoms with Gasteiger partial charge in [-0.05, 0) is 96.8 Å². The summed E-state index contributed by atoms with van der Waals surface area (Å²) in [5.74, 6) is -0.668. The topological polar surface area (TPSA) is 152 Å². The molecule has 0 aliphatic heterocycles. The Hall–Kier alpha value is -5.82. The molecule has 254 valence electrons. The number of nitriles is 1. The minimum absolute atomic E-state index is 0.0532. The second kappa shape index (κ2) is 19.1. The van der Waals surface area contributed by atoms with Crippen LogP contribution in [0, 0.1) is 11.3 Å². The predicted octanol–water partition coefficient (Wildman–Crippen LogP) is 7.80. The lowest BCUT2D eigenvalue weighted by atomic mass is 10.0. The Labute approximate surface area is 285 Å². The summed E-state index contributed by atoms with van der Waals surface area (Å²) in [5.41, 5.74) is 3.01. The molecule has 2 N–H and O–H groups in total. The van der Waals surface area contributed by atoms with Crippen LogP contribution in [0.3, 0.4) is 0 Å². The molecule has 0 spiro atoms. The predicted molar refractivity (Wildman–Crippen MR) is 182 cm³/mol. The first kappa shape index (κ1) is 36.0. The normalized spacial score (nSPS) is 11.2. The van der Waals surface area contributed by atoms with Crippen LogP contribution in [0.25, 0.3) is 11.1 Å². The van der Waals surface area contributed by atoms with Crippen LogP contribution in [0.1, 0.15) is 71.2 Å². The van der Waals surface area contributed by atoms with Gasteiger partial charge >= 0.3 is 17.9 Å². The Kier molecular flexibility index (Phi) is 14.0. The summed E-state index contributed by atoms with van der Waals surface area (Å²) in [6.07, 6.45) is 4.38. The number of esters is 1. The molecular weight excluding hydrogens is 626 g/mol. The number of aromatic carboxylic acids is 2. The summed E-state index contributed by atoms with van der Waals surface area (Å²) in [4.78, 5) is 34.9.